The van der Waals surface area contributed by atoms with Crippen molar-refractivity contribution in [3.63, 3.8) is 0 Å². The molecule has 1 fully saturated rings. The van der Waals surface area contributed by atoms with Crippen LogP contribution in [0.15, 0.2) is 41.3 Å². The van der Waals surface area contributed by atoms with Gasteiger partial charge in [0.2, 0.25) is 22.7 Å². The molecule has 0 radical (unpaired) electrons. The molecule has 1 amide bonds. The quantitative estimate of drug-likeness (QED) is 0.658. The van der Waals surface area contributed by atoms with Crippen molar-refractivity contribution in [2.24, 2.45) is 0 Å². The minimum Gasteiger partial charge on any atom is -0.454 e. The SMILES string of the molecule is O=C(Nc1nc2cc3c(cc2s1)OCO3)C1CCCN1S(=O)(=O)c1ccc(F)cc1. The number of fused-ring (bicyclic) bond motifs is 2. The number of halogens is 1. The van der Waals surface area contributed by atoms with Gasteiger partial charge in [-0.3, -0.25) is 4.79 Å². The monoisotopic (exact) mass is 449 g/mol. The molecule has 8 nitrogen and oxygen atoms in total. The molecule has 0 bridgehead atoms. The molecule has 2 aromatic carbocycles. The Balaban J connectivity index is 1.37. The average molecular weight is 449 g/mol. The van der Waals surface area contributed by atoms with Crippen molar-refractivity contribution in [3.8, 4) is 11.5 Å². The second kappa shape index (κ2) is 7.18. The first-order valence-corrected chi connectivity index (χ1v) is 11.5. The predicted molar refractivity (Wildman–Crippen MR) is 108 cm³/mol. The summed E-state index contributed by atoms with van der Waals surface area (Å²) in [6.45, 7) is 0.384. The Kier molecular flexibility index (Phi) is 4.60. The van der Waals surface area contributed by atoms with Crippen LogP contribution in [0.1, 0.15) is 12.8 Å². The fourth-order valence-electron chi connectivity index (χ4n) is 3.59. The van der Waals surface area contributed by atoms with E-state index in [0.717, 1.165) is 16.8 Å². The zero-order valence-corrected chi connectivity index (χ0v) is 17.1. The van der Waals surface area contributed by atoms with E-state index in [-0.39, 0.29) is 18.2 Å². The number of sulfonamides is 1. The molecule has 3 aromatic rings. The third-order valence-corrected chi connectivity index (χ3v) is 7.90. The summed E-state index contributed by atoms with van der Waals surface area (Å²) in [5, 5.41) is 3.10. The molecule has 156 valence electrons. The van der Waals surface area contributed by atoms with Gasteiger partial charge in [0.05, 0.1) is 15.1 Å². The number of benzene rings is 2. The molecule has 0 saturated carbocycles. The number of hydrogen-bond acceptors (Lipinski definition) is 7. The molecule has 0 aliphatic carbocycles. The number of nitrogens with zero attached hydrogens (tertiary/aromatic N) is 2. The number of thiazole rings is 1. The van der Waals surface area contributed by atoms with Gasteiger partial charge >= 0.3 is 0 Å². The molecule has 1 N–H and O–H groups in total. The molecule has 3 heterocycles. The highest BCUT2D eigenvalue weighted by molar-refractivity contribution is 7.89. The Bertz CT molecular complexity index is 1200. The van der Waals surface area contributed by atoms with E-state index in [1.54, 1.807) is 12.1 Å². The molecule has 1 unspecified atom stereocenters. The highest BCUT2D eigenvalue weighted by Crippen LogP contribution is 2.39. The number of hydrogen-bond donors (Lipinski definition) is 1. The van der Waals surface area contributed by atoms with Crippen molar-refractivity contribution in [2.45, 2.75) is 23.8 Å². The van der Waals surface area contributed by atoms with Gasteiger partial charge in [-0.25, -0.2) is 17.8 Å². The smallest absolute Gasteiger partial charge is 0.244 e. The first kappa shape index (κ1) is 19.2. The van der Waals surface area contributed by atoms with Crippen LogP contribution in [0.25, 0.3) is 10.2 Å². The van der Waals surface area contributed by atoms with Crippen LogP contribution in [-0.4, -0.2) is 43.0 Å². The largest absolute Gasteiger partial charge is 0.454 e. The summed E-state index contributed by atoms with van der Waals surface area (Å²) in [6, 6.07) is 7.26. The minimum atomic E-state index is -3.92. The summed E-state index contributed by atoms with van der Waals surface area (Å²) >= 11 is 1.27. The summed E-state index contributed by atoms with van der Waals surface area (Å²) in [5.74, 6) is 0.244. The second-order valence-corrected chi connectivity index (χ2v) is 9.83. The Labute approximate surface area is 175 Å². The molecule has 1 atom stereocenters. The van der Waals surface area contributed by atoms with Crippen LogP contribution in [-0.2, 0) is 14.8 Å². The van der Waals surface area contributed by atoms with E-state index in [0.29, 0.717) is 35.0 Å². The zero-order chi connectivity index (χ0) is 20.9. The maximum absolute atomic E-state index is 13.2. The Morgan fingerprint density at radius 3 is 2.70 bits per heavy atom. The number of carbonyl (C=O) groups is 1. The van der Waals surface area contributed by atoms with Gasteiger partial charge in [-0.05, 0) is 37.1 Å². The summed E-state index contributed by atoms with van der Waals surface area (Å²) in [4.78, 5) is 17.2. The number of anilines is 1. The molecule has 5 rings (SSSR count). The predicted octanol–water partition coefficient (Wildman–Crippen LogP) is 2.96. The lowest BCUT2D eigenvalue weighted by molar-refractivity contribution is -0.119. The zero-order valence-electron chi connectivity index (χ0n) is 15.5. The van der Waals surface area contributed by atoms with Gasteiger partial charge in [0, 0.05) is 18.7 Å². The van der Waals surface area contributed by atoms with Crippen molar-refractivity contribution < 1.29 is 27.1 Å². The normalized spacial score (nSPS) is 18.8. The van der Waals surface area contributed by atoms with Crippen LogP contribution in [0.2, 0.25) is 0 Å². The van der Waals surface area contributed by atoms with Gasteiger partial charge in [0.25, 0.3) is 0 Å². The lowest BCUT2D eigenvalue weighted by atomic mass is 10.2. The first-order chi connectivity index (χ1) is 14.4. The number of ether oxygens (including phenoxy) is 2. The van der Waals surface area contributed by atoms with Gasteiger partial charge in [-0.2, -0.15) is 4.31 Å². The summed E-state index contributed by atoms with van der Waals surface area (Å²) in [5.41, 5.74) is 0.654. The molecule has 11 heteroatoms. The molecule has 2 aliphatic rings. The first-order valence-electron chi connectivity index (χ1n) is 9.20. The van der Waals surface area contributed by atoms with Crippen LogP contribution >= 0.6 is 11.3 Å². The Morgan fingerprint density at radius 2 is 1.93 bits per heavy atom. The van der Waals surface area contributed by atoms with E-state index in [1.807, 2.05) is 0 Å². The van der Waals surface area contributed by atoms with E-state index < -0.39 is 27.8 Å². The summed E-state index contributed by atoms with van der Waals surface area (Å²) in [7, 11) is -3.92. The third kappa shape index (κ3) is 3.28. The number of rotatable bonds is 4. The van der Waals surface area contributed by atoms with Crippen LogP contribution < -0.4 is 14.8 Å². The third-order valence-electron chi connectivity index (χ3n) is 5.04. The topological polar surface area (TPSA) is 97.8 Å². The molecular formula is C19H16FN3O5S2. The van der Waals surface area contributed by atoms with Crippen molar-refractivity contribution in [2.75, 3.05) is 18.7 Å². The van der Waals surface area contributed by atoms with Crippen molar-refractivity contribution in [3.05, 3.63) is 42.2 Å². The fraction of sp³-hybridized carbons (Fsp3) is 0.263. The molecule has 30 heavy (non-hydrogen) atoms. The van der Waals surface area contributed by atoms with E-state index in [4.69, 9.17) is 9.47 Å². The van der Waals surface area contributed by atoms with Gasteiger partial charge in [-0.1, -0.05) is 11.3 Å². The lowest BCUT2D eigenvalue weighted by Gasteiger charge is -2.23. The van der Waals surface area contributed by atoms with Gasteiger partial charge in [0.1, 0.15) is 11.9 Å². The minimum absolute atomic E-state index is 0.0434. The maximum Gasteiger partial charge on any atom is 0.244 e. The van der Waals surface area contributed by atoms with Crippen molar-refractivity contribution >= 4 is 42.6 Å². The summed E-state index contributed by atoms with van der Waals surface area (Å²) in [6.07, 6.45) is 0.951. The summed E-state index contributed by atoms with van der Waals surface area (Å²) < 4.78 is 51.7. The van der Waals surface area contributed by atoms with Crippen molar-refractivity contribution in [1.82, 2.24) is 9.29 Å². The van der Waals surface area contributed by atoms with E-state index in [9.17, 15) is 17.6 Å². The highest BCUT2D eigenvalue weighted by Gasteiger charge is 2.39. The molecular weight excluding hydrogens is 433 g/mol. The maximum atomic E-state index is 13.2. The lowest BCUT2D eigenvalue weighted by Crippen LogP contribution is -2.43. The highest BCUT2D eigenvalue weighted by atomic mass is 32.2. The van der Waals surface area contributed by atoms with E-state index in [1.165, 1.54) is 27.8 Å². The van der Waals surface area contributed by atoms with Crippen LogP contribution in [0.5, 0.6) is 11.5 Å². The van der Waals surface area contributed by atoms with E-state index >= 15 is 0 Å². The number of carbonyl (C=O) groups excluding carboxylic acids is 1. The molecule has 0 spiro atoms. The van der Waals surface area contributed by atoms with E-state index in [2.05, 4.69) is 10.3 Å². The standard InChI is InChI=1S/C19H16FN3O5S2/c20-11-3-5-12(6-4-11)30(25,26)23-7-1-2-14(23)18(24)22-19-21-13-8-15-16(28-10-27-15)9-17(13)29-19/h3-6,8-9,14H,1-2,7,10H2,(H,21,22,24). The van der Waals surface area contributed by atoms with Crippen LogP contribution in [0, 0.1) is 5.82 Å². The van der Waals surface area contributed by atoms with Gasteiger partial charge in [-0.15, -0.1) is 0 Å². The second-order valence-electron chi connectivity index (χ2n) is 6.91. The van der Waals surface area contributed by atoms with Gasteiger partial charge < -0.3 is 14.8 Å². The molecule has 1 saturated heterocycles. The van der Waals surface area contributed by atoms with Crippen molar-refractivity contribution in [1.29, 1.82) is 0 Å². The van der Waals surface area contributed by atoms with Gasteiger partial charge in [0.15, 0.2) is 16.6 Å². The molecule has 2 aliphatic heterocycles. The average Bonchev–Trinajstić information content (AvgIpc) is 3.45. The van der Waals surface area contributed by atoms with Crippen LogP contribution in [0.4, 0.5) is 9.52 Å². The Morgan fingerprint density at radius 1 is 1.20 bits per heavy atom. The number of nitrogens with one attached hydrogen (secondary N) is 1. The Hall–Kier alpha value is -2.76. The fourth-order valence-corrected chi connectivity index (χ4v) is 6.13. The number of amides is 1. The number of aromatic nitrogens is 1. The molecule has 1 aromatic heterocycles. The van der Waals surface area contributed by atoms with Crippen LogP contribution in [0.3, 0.4) is 0 Å².